The number of aliphatic hydroxyl groups is 1. The third kappa shape index (κ3) is 4.08. The highest BCUT2D eigenvalue weighted by atomic mass is 16.5. The summed E-state index contributed by atoms with van der Waals surface area (Å²) in [5, 5.41) is 18.1. The first kappa shape index (κ1) is 20.1. The van der Waals surface area contributed by atoms with E-state index in [-0.39, 0.29) is 11.6 Å². The van der Waals surface area contributed by atoms with Crippen LogP contribution in [-0.2, 0) is 11.3 Å². The third-order valence-corrected chi connectivity index (χ3v) is 6.32. The van der Waals surface area contributed by atoms with Crippen LogP contribution in [0.1, 0.15) is 48.0 Å². The number of benzene rings is 1. The summed E-state index contributed by atoms with van der Waals surface area (Å²) in [4.78, 5) is 15.0. The molecule has 2 N–H and O–H groups in total. The quantitative estimate of drug-likeness (QED) is 0.820. The Morgan fingerprint density at radius 3 is 2.66 bits per heavy atom. The maximum Gasteiger partial charge on any atom is 0.273 e. The van der Waals surface area contributed by atoms with Crippen LogP contribution in [0.3, 0.4) is 0 Å². The van der Waals surface area contributed by atoms with Gasteiger partial charge in [0.05, 0.1) is 11.1 Å². The molecule has 7 nitrogen and oxygen atoms in total. The fourth-order valence-corrected chi connectivity index (χ4v) is 4.54. The lowest BCUT2D eigenvalue weighted by atomic mass is 9.73. The monoisotopic (exact) mass is 399 g/mol. The lowest BCUT2D eigenvalue weighted by Gasteiger charge is -2.53. The Morgan fingerprint density at radius 2 is 2.00 bits per heavy atom. The van der Waals surface area contributed by atoms with Crippen molar-refractivity contribution >= 4 is 5.91 Å². The van der Waals surface area contributed by atoms with E-state index in [1.807, 2.05) is 13.0 Å². The summed E-state index contributed by atoms with van der Waals surface area (Å²) < 4.78 is 11.1. The second kappa shape index (κ2) is 7.89. The van der Waals surface area contributed by atoms with Gasteiger partial charge in [-0.2, -0.15) is 0 Å². The number of carbonyl (C=O) groups is 1. The largest absolute Gasteiger partial charge is 0.388 e. The van der Waals surface area contributed by atoms with E-state index in [9.17, 15) is 9.90 Å². The number of piperidine rings is 1. The molecule has 3 heterocycles. The molecule has 0 unspecified atom stereocenters. The number of nitrogens with zero attached hydrogens (tertiary/aromatic N) is 2. The Labute approximate surface area is 171 Å². The molecule has 2 saturated heterocycles. The maximum absolute atomic E-state index is 12.6. The van der Waals surface area contributed by atoms with Gasteiger partial charge in [-0.05, 0) is 38.7 Å². The lowest BCUT2D eigenvalue weighted by Crippen LogP contribution is -2.69. The molecule has 29 heavy (non-hydrogen) atoms. The molecule has 1 amide bonds. The molecule has 2 fully saturated rings. The first-order valence-corrected chi connectivity index (χ1v) is 10.2. The minimum Gasteiger partial charge on any atom is -0.388 e. The molecule has 0 bridgehead atoms. The van der Waals surface area contributed by atoms with Gasteiger partial charge in [0.25, 0.3) is 5.91 Å². The van der Waals surface area contributed by atoms with Gasteiger partial charge < -0.3 is 19.7 Å². The number of aromatic nitrogens is 1. The molecular weight excluding hydrogens is 370 g/mol. The van der Waals surface area contributed by atoms with E-state index in [2.05, 4.69) is 39.6 Å². The zero-order valence-electron chi connectivity index (χ0n) is 17.1. The van der Waals surface area contributed by atoms with Crippen LogP contribution < -0.4 is 5.32 Å². The van der Waals surface area contributed by atoms with Gasteiger partial charge in [0.1, 0.15) is 11.9 Å². The van der Waals surface area contributed by atoms with Gasteiger partial charge >= 0.3 is 0 Å². The zero-order valence-corrected chi connectivity index (χ0v) is 17.1. The van der Waals surface area contributed by atoms with Crippen LogP contribution in [0.4, 0.5) is 0 Å². The molecular formula is C22H29N3O4. The van der Waals surface area contributed by atoms with Crippen molar-refractivity contribution in [3.63, 3.8) is 0 Å². The molecule has 7 heteroatoms. The van der Waals surface area contributed by atoms with Gasteiger partial charge in [-0.3, -0.25) is 9.69 Å². The lowest BCUT2D eigenvalue weighted by molar-refractivity contribution is -0.205. The first-order chi connectivity index (χ1) is 13.9. The van der Waals surface area contributed by atoms with Crippen LogP contribution in [0.15, 0.2) is 40.9 Å². The number of carbonyl (C=O) groups excluding carboxylic acids is 1. The van der Waals surface area contributed by atoms with E-state index in [1.54, 1.807) is 13.0 Å². The van der Waals surface area contributed by atoms with Crippen molar-refractivity contribution in [2.45, 2.75) is 56.9 Å². The predicted molar refractivity (Wildman–Crippen MR) is 107 cm³/mol. The van der Waals surface area contributed by atoms with Crippen LogP contribution in [0.25, 0.3) is 0 Å². The molecule has 1 aromatic heterocycles. The number of hydrogen-bond acceptors (Lipinski definition) is 6. The van der Waals surface area contributed by atoms with E-state index in [4.69, 9.17) is 9.26 Å². The minimum atomic E-state index is -0.792. The molecule has 0 radical (unpaired) electrons. The number of likely N-dealkylation sites (tertiary alicyclic amines) is 1. The average Bonchev–Trinajstić information content (AvgIpc) is 3.15. The summed E-state index contributed by atoms with van der Waals surface area (Å²) in [6, 6.07) is 12.0. The summed E-state index contributed by atoms with van der Waals surface area (Å²) in [6.07, 6.45) is 1.22. The van der Waals surface area contributed by atoms with Crippen molar-refractivity contribution in [2.75, 3.05) is 19.7 Å². The molecule has 1 aromatic carbocycles. The highest BCUT2D eigenvalue weighted by molar-refractivity contribution is 5.92. The van der Waals surface area contributed by atoms with Gasteiger partial charge in [-0.1, -0.05) is 35.5 Å². The predicted octanol–water partition coefficient (Wildman–Crippen LogP) is 2.29. The number of aryl methyl sites for hydroxylation is 1. The SMILES string of the molecule is Cc1cc(C(=O)N[C@@]2(C)CCOC3(CCN(Cc4ccccc4)CC3)[C@@H]2O)no1. The van der Waals surface area contributed by atoms with Crippen LogP contribution in [0.5, 0.6) is 0 Å². The standard InChI is InChI=1S/C22H29N3O4/c1-16-14-18(24-29-16)19(26)23-21(2)10-13-28-22(20(21)27)8-11-25(12-9-22)15-17-6-4-3-5-7-17/h3-7,14,20,27H,8-13,15H2,1-2H3,(H,23,26)/t20-,21+/m1/s1. The van der Waals surface area contributed by atoms with Gasteiger partial charge in [0.2, 0.25) is 0 Å². The van der Waals surface area contributed by atoms with Gasteiger partial charge in [-0.25, -0.2) is 0 Å². The Bertz CT molecular complexity index is 845. The van der Waals surface area contributed by atoms with Crippen molar-refractivity contribution in [3.8, 4) is 0 Å². The van der Waals surface area contributed by atoms with Crippen LogP contribution >= 0.6 is 0 Å². The van der Waals surface area contributed by atoms with E-state index >= 15 is 0 Å². The second-order valence-electron chi connectivity index (χ2n) is 8.52. The Kier molecular flexibility index (Phi) is 5.46. The van der Waals surface area contributed by atoms with Crippen LogP contribution in [0.2, 0.25) is 0 Å². The summed E-state index contributed by atoms with van der Waals surface area (Å²) in [5.74, 6) is 0.247. The van der Waals surface area contributed by atoms with Gasteiger partial charge in [0, 0.05) is 32.3 Å². The summed E-state index contributed by atoms with van der Waals surface area (Å²) in [7, 11) is 0. The topological polar surface area (TPSA) is 87.8 Å². The van der Waals surface area contributed by atoms with E-state index in [0.717, 1.165) is 32.5 Å². The molecule has 1 spiro atoms. The van der Waals surface area contributed by atoms with Crippen LogP contribution in [-0.4, -0.2) is 58.0 Å². The van der Waals surface area contributed by atoms with E-state index in [0.29, 0.717) is 18.8 Å². The number of rotatable bonds is 4. The molecule has 2 aliphatic rings. The summed E-state index contributed by atoms with van der Waals surface area (Å²) in [6.45, 7) is 6.73. The number of aliphatic hydroxyl groups excluding tert-OH is 1. The molecule has 2 atom stereocenters. The Balaban J connectivity index is 1.41. The number of hydrogen-bond donors (Lipinski definition) is 2. The molecule has 156 valence electrons. The average molecular weight is 399 g/mol. The second-order valence-corrected chi connectivity index (χ2v) is 8.52. The van der Waals surface area contributed by atoms with E-state index < -0.39 is 17.2 Å². The smallest absolute Gasteiger partial charge is 0.273 e. The first-order valence-electron chi connectivity index (χ1n) is 10.2. The Morgan fingerprint density at radius 1 is 1.28 bits per heavy atom. The third-order valence-electron chi connectivity index (χ3n) is 6.32. The summed E-state index contributed by atoms with van der Waals surface area (Å²) >= 11 is 0. The molecule has 4 rings (SSSR count). The van der Waals surface area contributed by atoms with Crippen molar-refractivity contribution in [1.29, 1.82) is 0 Å². The normalized spacial score (nSPS) is 27.1. The number of ether oxygens (including phenoxy) is 1. The van der Waals surface area contributed by atoms with Crippen LogP contribution in [0, 0.1) is 6.92 Å². The van der Waals surface area contributed by atoms with Crippen molar-refractivity contribution in [1.82, 2.24) is 15.4 Å². The van der Waals surface area contributed by atoms with Crippen molar-refractivity contribution in [2.24, 2.45) is 0 Å². The zero-order chi connectivity index (χ0) is 20.5. The number of amides is 1. The maximum atomic E-state index is 12.6. The molecule has 2 aliphatic heterocycles. The molecule has 2 aromatic rings. The highest BCUT2D eigenvalue weighted by Gasteiger charge is 2.53. The van der Waals surface area contributed by atoms with Crippen molar-refractivity contribution in [3.05, 3.63) is 53.4 Å². The van der Waals surface area contributed by atoms with E-state index in [1.165, 1.54) is 5.56 Å². The summed E-state index contributed by atoms with van der Waals surface area (Å²) in [5.41, 5.74) is 0.111. The number of nitrogens with one attached hydrogen (secondary N) is 1. The fourth-order valence-electron chi connectivity index (χ4n) is 4.54. The van der Waals surface area contributed by atoms with Gasteiger partial charge in [-0.15, -0.1) is 0 Å². The van der Waals surface area contributed by atoms with Gasteiger partial charge in [0.15, 0.2) is 5.69 Å². The van der Waals surface area contributed by atoms with Crippen molar-refractivity contribution < 1.29 is 19.2 Å². The fraction of sp³-hybridized carbons (Fsp3) is 0.545. The molecule has 0 saturated carbocycles. The minimum absolute atomic E-state index is 0.231. The molecule has 0 aliphatic carbocycles. The Hall–Kier alpha value is -2.22. The highest BCUT2D eigenvalue weighted by Crippen LogP contribution is 2.40.